The highest BCUT2D eigenvalue weighted by Gasteiger charge is 2.42. The van der Waals surface area contributed by atoms with Gasteiger partial charge in [0.1, 0.15) is 0 Å². The molecular formula is C46H70N4. The number of aliphatic imine (C=N–C) groups is 2. The second-order valence-corrected chi connectivity index (χ2v) is 20.6. The molecular weight excluding hydrogens is 609 g/mol. The minimum atomic E-state index is 0.0511. The fourth-order valence-corrected chi connectivity index (χ4v) is 8.71. The van der Waals surface area contributed by atoms with E-state index in [0.29, 0.717) is 23.9 Å². The first kappa shape index (κ1) is 37.1. The number of hydrogen-bond acceptors (Lipinski definition) is 4. The van der Waals surface area contributed by atoms with Crippen molar-refractivity contribution in [2.75, 3.05) is 22.9 Å². The molecule has 0 spiro atoms. The summed E-state index contributed by atoms with van der Waals surface area (Å²) in [7, 11) is 0. The first-order chi connectivity index (χ1) is 23.3. The molecule has 2 saturated carbocycles. The molecule has 50 heavy (non-hydrogen) atoms. The predicted octanol–water partition coefficient (Wildman–Crippen LogP) is 11.9. The molecule has 0 bridgehead atoms. The lowest BCUT2D eigenvalue weighted by atomic mass is 9.80. The van der Waals surface area contributed by atoms with Crippen molar-refractivity contribution in [1.82, 2.24) is 0 Å². The van der Waals surface area contributed by atoms with Crippen LogP contribution in [0.25, 0.3) is 0 Å². The average Bonchev–Trinajstić information content (AvgIpc) is 3.69. The van der Waals surface area contributed by atoms with Crippen LogP contribution in [0.3, 0.4) is 0 Å². The van der Waals surface area contributed by atoms with Gasteiger partial charge in [-0.3, -0.25) is 9.98 Å². The quantitative estimate of drug-likeness (QED) is 0.315. The maximum atomic E-state index is 5.80. The zero-order valence-electron chi connectivity index (χ0n) is 34.0. The third kappa shape index (κ3) is 8.05. The van der Waals surface area contributed by atoms with E-state index in [1.54, 1.807) is 0 Å². The standard InChI is InChI=1S/C46H70N4/c1-43(2,3)33-23-34(44(4,5)6)26-37(25-33)49-29-39(31-19-15-13-16-20-31)47-41(49)42-48-40(32-21-17-14-18-22-32)30-50(42)38-27-35(45(7,8)9)24-36(28-38)46(10,11)12/h23-28,31-32,39-40H,13-22,29-30H2,1-12H3/t39-,40-/m1/s1. The molecule has 0 unspecified atom stereocenters. The summed E-state index contributed by atoms with van der Waals surface area (Å²) < 4.78 is 0. The Hall–Kier alpha value is -2.62. The highest BCUT2D eigenvalue weighted by molar-refractivity contribution is 6.50. The van der Waals surface area contributed by atoms with Gasteiger partial charge in [0, 0.05) is 24.5 Å². The average molecular weight is 679 g/mol. The van der Waals surface area contributed by atoms with Gasteiger partial charge >= 0.3 is 0 Å². The van der Waals surface area contributed by atoms with Gasteiger partial charge in [-0.05, 0) is 106 Å². The third-order valence-corrected chi connectivity index (χ3v) is 12.3. The van der Waals surface area contributed by atoms with E-state index in [2.05, 4.69) is 129 Å². The maximum Gasteiger partial charge on any atom is 0.172 e. The second-order valence-electron chi connectivity index (χ2n) is 20.6. The van der Waals surface area contributed by atoms with Gasteiger partial charge in [0.05, 0.1) is 12.1 Å². The molecule has 274 valence electrons. The van der Waals surface area contributed by atoms with E-state index in [1.165, 1.54) is 97.8 Å². The molecule has 2 aromatic rings. The van der Waals surface area contributed by atoms with Crippen molar-refractivity contribution >= 4 is 23.0 Å². The summed E-state index contributed by atoms with van der Waals surface area (Å²) in [5.41, 5.74) is 8.40. The van der Waals surface area contributed by atoms with Gasteiger partial charge in [0.2, 0.25) is 0 Å². The van der Waals surface area contributed by atoms with Gasteiger partial charge in [-0.15, -0.1) is 0 Å². The van der Waals surface area contributed by atoms with Crippen molar-refractivity contribution in [2.45, 2.75) is 181 Å². The van der Waals surface area contributed by atoms with E-state index in [4.69, 9.17) is 9.98 Å². The number of nitrogens with zero attached hydrogens (tertiary/aromatic N) is 4. The highest BCUT2D eigenvalue weighted by atomic mass is 15.4. The van der Waals surface area contributed by atoms with Gasteiger partial charge in [-0.2, -0.15) is 0 Å². The molecule has 2 atom stereocenters. The minimum absolute atomic E-state index is 0.0511. The normalized spacial score (nSPS) is 23.4. The molecule has 2 aliphatic carbocycles. The molecule has 0 aromatic heterocycles. The lowest BCUT2D eigenvalue weighted by Gasteiger charge is -2.32. The predicted molar refractivity (Wildman–Crippen MR) is 218 cm³/mol. The topological polar surface area (TPSA) is 31.2 Å². The first-order valence-electron chi connectivity index (χ1n) is 20.3. The number of benzene rings is 2. The number of anilines is 2. The molecule has 4 nitrogen and oxygen atoms in total. The Balaban J connectivity index is 1.52. The largest absolute Gasteiger partial charge is 0.321 e. The molecule has 6 rings (SSSR count). The van der Waals surface area contributed by atoms with Crippen molar-refractivity contribution < 1.29 is 0 Å². The van der Waals surface area contributed by atoms with Crippen LogP contribution >= 0.6 is 0 Å². The van der Waals surface area contributed by atoms with Crippen molar-refractivity contribution in [2.24, 2.45) is 21.8 Å². The highest BCUT2D eigenvalue weighted by Crippen LogP contribution is 2.41. The van der Waals surface area contributed by atoms with Gasteiger partial charge in [-0.1, -0.05) is 134 Å². The summed E-state index contributed by atoms with van der Waals surface area (Å²) >= 11 is 0. The van der Waals surface area contributed by atoms with Crippen LogP contribution in [0.1, 0.15) is 170 Å². The molecule has 4 heteroatoms. The number of amidine groups is 2. The van der Waals surface area contributed by atoms with E-state index in [-0.39, 0.29) is 21.7 Å². The molecule has 2 aliphatic heterocycles. The Labute approximate surface area is 306 Å². The van der Waals surface area contributed by atoms with Crippen LogP contribution in [0.2, 0.25) is 0 Å². The van der Waals surface area contributed by atoms with Crippen LogP contribution in [-0.4, -0.2) is 36.8 Å². The van der Waals surface area contributed by atoms with E-state index < -0.39 is 0 Å². The fourth-order valence-electron chi connectivity index (χ4n) is 8.71. The summed E-state index contributed by atoms with van der Waals surface area (Å²) in [6, 6.07) is 15.4. The molecule has 4 aliphatic rings. The second kappa shape index (κ2) is 13.7. The van der Waals surface area contributed by atoms with Crippen LogP contribution in [0.4, 0.5) is 11.4 Å². The minimum Gasteiger partial charge on any atom is -0.321 e. The Bertz CT molecular complexity index is 1390. The van der Waals surface area contributed by atoms with Crippen LogP contribution in [-0.2, 0) is 21.7 Å². The van der Waals surface area contributed by atoms with E-state index >= 15 is 0 Å². The smallest absolute Gasteiger partial charge is 0.172 e. The molecule has 0 radical (unpaired) electrons. The summed E-state index contributed by atoms with van der Waals surface area (Å²) in [4.78, 5) is 16.8. The summed E-state index contributed by atoms with van der Waals surface area (Å²) in [6.45, 7) is 30.2. The third-order valence-electron chi connectivity index (χ3n) is 12.3. The maximum absolute atomic E-state index is 5.80. The Morgan fingerprint density at radius 2 is 0.700 bits per heavy atom. The Kier molecular flexibility index (Phi) is 10.2. The van der Waals surface area contributed by atoms with E-state index in [0.717, 1.165) is 24.8 Å². The molecule has 2 aromatic carbocycles. The van der Waals surface area contributed by atoms with Crippen molar-refractivity contribution in [3.05, 3.63) is 58.7 Å². The Morgan fingerprint density at radius 3 is 0.960 bits per heavy atom. The van der Waals surface area contributed by atoms with Crippen LogP contribution < -0.4 is 9.80 Å². The molecule has 2 fully saturated rings. The van der Waals surface area contributed by atoms with E-state index in [9.17, 15) is 0 Å². The van der Waals surface area contributed by atoms with Gasteiger partial charge in [-0.25, -0.2) is 0 Å². The van der Waals surface area contributed by atoms with Gasteiger partial charge in [0.15, 0.2) is 11.7 Å². The van der Waals surface area contributed by atoms with Gasteiger partial charge in [0.25, 0.3) is 0 Å². The number of rotatable bonds is 5. The van der Waals surface area contributed by atoms with E-state index in [1.807, 2.05) is 0 Å². The summed E-state index contributed by atoms with van der Waals surface area (Å²) in [6.07, 6.45) is 13.3. The first-order valence-corrected chi connectivity index (χ1v) is 20.3. The zero-order chi connectivity index (χ0) is 36.2. The fraction of sp³-hybridized carbons (Fsp3) is 0.696. The summed E-state index contributed by atoms with van der Waals surface area (Å²) in [5.74, 6) is 3.53. The monoisotopic (exact) mass is 679 g/mol. The van der Waals surface area contributed by atoms with Crippen LogP contribution in [0.15, 0.2) is 46.4 Å². The van der Waals surface area contributed by atoms with Crippen molar-refractivity contribution in [3.63, 3.8) is 0 Å². The summed E-state index contributed by atoms with van der Waals surface area (Å²) in [5, 5.41) is 0. The van der Waals surface area contributed by atoms with Crippen molar-refractivity contribution in [3.8, 4) is 0 Å². The zero-order valence-corrected chi connectivity index (χ0v) is 34.0. The molecule has 0 saturated heterocycles. The lowest BCUT2D eigenvalue weighted by molar-refractivity contribution is 0.315. The van der Waals surface area contributed by atoms with Crippen molar-refractivity contribution in [1.29, 1.82) is 0 Å². The SMILES string of the molecule is CC(C)(C)c1cc(N2C[C@H](C3CCCCC3)N=C2C2=N[C@@H](C3CCCCC3)CN2c2cc(C(C)(C)C)cc(C(C)(C)C)c2)cc(C(C)(C)C)c1. The molecule has 0 amide bonds. The van der Waals surface area contributed by atoms with Crippen LogP contribution in [0, 0.1) is 11.8 Å². The Morgan fingerprint density at radius 1 is 0.420 bits per heavy atom. The number of hydrogen-bond donors (Lipinski definition) is 0. The van der Waals surface area contributed by atoms with Gasteiger partial charge < -0.3 is 9.80 Å². The molecule has 2 heterocycles. The lowest BCUT2D eigenvalue weighted by Crippen LogP contribution is -2.43. The van der Waals surface area contributed by atoms with Crippen LogP contribution in [0.5, 0.6) is 0 Å². The molecule has 0 N–H and O–H groups in total.